The Kier molecular flexibility index (Phi) is 10.9. The number of nitrogens with one attached hydrogen (secondary N) is 2. The van der Waals surface area contributed by atoms with Gasteiger partial charge in [-0.1, -0.05) is 24.3 Å². The number of amides is 2. The maximum Gasteiger partial charge on any atom is 0.251 e. The number of nitrogens with two attached hydrogens (primary N) is 2. The van der Waals surface area contributed by atoms with Crippen molar-refractivity contribution in [3.8, 4) is 34.2 Å². The number of carbonyl (C=O) groups excluding carboxylic acids is 2. The van der Waals surface area contributed by atoms with Crippen molar-refractivity contribution in [2.24, 2.45) is 23.3 Å². The summed E-state index contributed by atoms with van der Waals surface area (Å²) in [5.41, 5.74) is 21.7. The zero-order valence-corrected chi connectivity index (χ0v) is 31.1. The molecule has 14 bridgehead atoms. The van der Waals surface area contributed by atoms with Gasteiger partial charge in [0.25, 0.3) is 11.8 Å². The van der Waals surface area contributed by atoms with Gasteiger partial charge in [-0.15, -0.1) is 0 Å². The Bertz CT molecular complexity index is 2140. The van der Waals surface area contributed by atoms with Crippen LogP contribution in [0.2, 0.25) is 0 Å². The van der Waals surface area contributed by atoms with E-state index < -0.39 is 0 Å². The quantitative estimate of drug-likeness (QED) is 0.191. The van der Waals surface area contributed by atoms with Crippen molar-refractivity contribution in [1.82, 2.24) is 40.5 Å². The second-order valence-electron chi connectivity index (χ2n) is 14.6. The molecule has 0 saturated carbocycles. The van der Waals surface area contributed by atoms with E-state index in [4.69, 9.17) is 41.4 Å². The predicted molar refractivity (Wildman–Crippen MR) is 214 cm³/mol. The van der Waals surface area contributed by atoms with Gasteiger partial charge in [0.15, 0.2) is 0 Å². The van der Waals surface area contributed by atoms with Gasteiger partial charge in [-0.2, -0.15) is 0 Å². The normalized spacial score (nSPS) is 16.0. The van der Waals surface area contributed by atoms with Gasteiger partial charge in [0.05, 0.1) is 34.2 Å². The highest BCUT2D eigenvalue weighted by molar-refractivity contribution is 5.96. The molecular formula is C44H44N10O2. The minimum atomic E-state index is -0.260. The van der Waals surface area contributed by atoms with E-state index in [0.29, 0.717) is 98.6 Å². The number of hydrogen-bond acceptors (Lipinski definition) is 10. The molecule has 3 aliphatic rings. The Balaban J connectivity index is 1.36. The highest BCUT2D eigenvalue weighted by Crippen LogP contribution is 2.28. The largest absolute Gasteiger partial charge is 0.351 e. The molecule has 0 spiro atoms. The molecular weight excluding hydrogens is 701 g/mol. The van der Waals surface area contributed by atoms with Gasteiger partial charge in [-0.05, 0) is 123 Å². The molecule has 9 heterocycles. The van der Waals surface area contributed by atoms with Crippen LogP contribution < -0.4 is 22.1 Å². The van der Waals surface area contributed by atoms with Crippen molar-refractivity contribution in [2.45, 2.75) is 38.5 Å². The lowest BCUT2D eigenvalue weighted by atomic mass is 9.90. The van der Waals surface area contributed by atoms with Crippen molar-refractivity contribution in [1.29, 1.82) is 0 Å². The van der Waals surface area contributed by atoms with Gasteiger partial charge in [0, 0.05) is 71.5 Å². The number of rotatable bonds is 6. The second-order valence-corrected chi connectivity index (χ2v) is 14.6. The number of hydrogen-bond donors (Lipinski definition) is 4. The fraction of sp³-hybridized carbons (Fsp3) is 0.273. The smallest absolute Gasteiger partial charge is 0.251 e. The Morgan fingerprint density at radius 1 is 0.446 bits per heavy atom. The van der Waals surface area contributed by atoms with Crippen LogP contribution in [0.1, 0.15) is 54.9 Å². The standard InChI is InChI=1S/C44H44N10O2/c45-13-15-47-43(55)29-23-35-21-27-17-31-5-1-9-37(49-31)38-10-2-6-32(50-38)19-28(20-34-8-4-12-40(52-34)39-11-3-7-33(18-27)51-39)22-36-24-30(44(56)48-16-14-46)26-42(54-36)41(25-29)53-35/h1-12,23-28H,13-22,45-46H2,(H,47,55)(H,48,56). The molecule has 0 atom stereocenters. The van der Waals surface area contributed by atoms with Crippen molar-refractivity contribution in [3.05, 3.63) is 142 Å². The first-order chi connectivity index (χ1) is 27.4. The topological polar surface area (TPSA) is 188 Å². The van der Waals surface area contributed by atoms with Gasteiger partial charge >= 0.3 is 0 Å². The molecule has 6 N–H and O–H groups in total. The first kappa shape index (κ1) is 36.7. The summed E-state index contributed by atoms with van der Waals surface area (Å²) < 4.78 is 0. The molecule has 282 valence electrons. The predicted octanol–water partition coefficient (Wildman–Crippen LogP) is 4.35. The van der Waals surface area contributed by atoms with Crippen molar-refractivity contribution < 1.29 is 9.59 Å². The van der Waals surface area contributed by atoms with Crippen LogP contribution in [0.15, 0.2) is 97.1 Å². The zero-order valence-electron chi connectivity index (χ0n) is 31.1. The van der Waals surface area contributed by atoms with Crippen molar-refractivity contribution in [2.75, 3.05) is 26.2 Å². The molecule has 6 aromatic heterocycles. The molecule has 0 aliphatic carbocycles. The van der Waals surface area contributed by atoms with Gasteiger partial charge < -0.3 is 22.1 Å². The van der Waals surface area contributed by atoms with Crippen LogP contribution in [0.3, 0.4) is 0 Å². The monoisotopic (exact) mass is 744 g/mol. The second kappa shape index (κ2) is 16.6. The van der Waals surface area contributed by atoms with Gasteiger partial charge in [-0.3, -0.25) is 39.5 Å². The Morgan fingerprint density at radius 3 is 1.07 bits per heavy atom. The Hall–Kier alpha value is -6.24. The fourth-order valence-electron chi connectivity index (χ4n) is 7.64. The molecule has 12 heteroatoms. The fourth-order valence-corrected chi connectivity index (χ4v) is 7.64. The van der Waals surface area contributed by atoms with Gasteiger partial charge in [0.2, 0.25) is 0 Å². The SMILES string of the molecule is NCCNC(=O)c1cc2nc(c1)-c1cc(C(=O)NCCN)cc(n1)CC1Cc3cccc(n3)-c3cccc(n3)CC(Cc3cccc(n3)-c3cccc(n3)C1)C2. The minimum absolute atomic E-state index is 0.0165. The highest BCUT2D eigenvalue weighted by Gasteiger charge is 2.23. The summed E-state index contributed by atoms with van der Waals surface area (Å²) in [6, 6.07) is 31.5. The first-order valence-corrected chi connectivity index (χ1v) is 19.2. The maximum atomic E-state index is 13.6. The molecule has 0 aromatic carbocycles. The van der Waals surface area contributed by atoms with E-state index in [-0.39, 0.29) is 23.7 Å². The lowest BCUT2D eigenvalue weighted by molar-refractivity contribution is 0.0946. The summed E-state index contributed by atoms with van der Waals surface area (Å²) in [4.78, 5) is 58.0. The lowest BCUT2D eigenvalue weighted by Gasteiger charge is -2.20. The van der Waals surface area contributed by atoms with E-state index in [0.717, 1.165) is 45.6 Å². The molecule has 12 nitrogen and oxygen atoms in total. The Labute approximate surface area is 325 Å². The molecule has 9 rings (SSSR count). The molecule has 0 fully saturated rings. The molecule has 6 aromatic rings. The Morgan fingerprint density at radius 2 is 0.750 bits per heavy atom. The van der Waals surface area contributed by atoms with E-state index in [1.807, 2.05) is 60.7 Å². The molecule has 2 amide bonds. The number of aromatic nitrogens is 6. The number of pyridine rings is 6. The van der Waals surface area contributed by atoms with Crippen LogP contribution in [0, 0.1) is 11.8 Å². The first-order valence-electron chi connectivity index (χ1n) is 19.2. The third-order valence-electron chi connectivity index (χ3n) is 10.1. The summed E-state index contributed by atoms with van der Waals surface area (Å²) in [6.07, 6.45) is 3.50. The van der Waals surface area contributed by atoms with Gasteiger partial charge in [-0.25, -0.2) is 0 Å². The molecule has 0 saturated heterocycles. The van der Waals surface area contributed by atoms with E-state index in [2.05, 4.69) is 34.9 Å². The molecule has 0 radical (unpaired) electrons. The lowest BCUT2D eigenvalue weighted by Crippen LogP contribution is -2.29. The zero-order chi connectivity index (χ0) is 38.4. The third kappa shape index (κ3) is 8.67. The average Bonchev–Trinajstić information content (AvgIpc) is 3.21. The average molecular weight is 745 g/mol. The summed E-state index contributed by atoms with van der Waals surface area (Å²) in [5, 5.41) is 5.84. The number of nitrogens with zero attached hydrogens (tertiary/aromatic N) is 6. The maximum absolute atomic E-state index is 13.6. The van der Waals surface area contributed by atoms with Crippen LogP contribution in [0.4, 0.5) is 0 Å². The minimum Gasteiger partial charge on any atom is -0.351 e. The van der Waals surface area contributed by atoms with Crippen LogP contribution in [0.5, 0.6) is 0 Å². The van der Waals surface area contributed by atoms with Gasteiger partial charge in [0.1, 0.15) is 0 Å². The third-order valence-corrected chi connectivity index (χ3v) is 10.1. The van der Waals surface area contributed by atoms with Crippen LogP contribution in [0.25, 0.3) is 34.2 Å². The van der Waals surface area contributed by atoms with Crippen LogP contribution in [-0.4, -0.2) is 67.9 Å². The molecule has 3 aliphatic heterocycles. The summed E-state index contributed by atoms with van der Waals surface area (Å²) in [5.74, 6) is -0.553. The van der Waals surface area contributed by atoms with E-state index in [1.165, 1.54) is 0 Å². The van der Waals surface area contributed by atoms with Crippen LogP contribution in [-0.2, 0) is 38.5 Å². The summed E-state index contributed by atoms with van der Waals surface area (Å²) in [7, 11) is 0. The molecule has 56 heavy (non-hydrogen) atoms. The van der Waals surface area contributed by atoms with Crippen molar-refractivity contribution in [3.63, 3.8) is 0 Å². The van der Waals surface area contributed by atoms with E-state index >= 15 is 0 Å². The highest BCUT2D eigenvalue weighted by atomic mass is 16.2. The summed E-state index contributed by atoms with van der Waals surface area (Å²) >= 11 is 0. The van der Waals surface area contributed by atoms with Crippen molar-refractivity contribution >= 4 is 11.8 Å². The molecule has 0 unspecified atom stereocenters. The summed E-state index contributed by atoms with van der Waals surface area (Å²) in [6.45, 7) is 1.27. The van der Waals surface area contributed by atoms with E-state index in [1.54, 1.807) is 12.1 Å². The van der Waals surface area contributed by atoms with Crippen LogP contribution >= 0.6 is 0 Å². The number of carbonyl (C=O) groups is 2. The van der Waals surface area contributed by atoms with E-state index in [9.17, 15) is 9.59 Å².